The lowest BCUT2D eigenvalue weighted by molar-refractivity contribution is 0.307. The molecule has 0 radical (unpaired) electrons. The van der Waals surface area contributed by atoms with E-state index in [9.17, 15) is 0 Å². The van der Waals surface area contributed by atoms with Crippen molar-refractivity contribution in [3.8, 4) is 0 Å². The molecule has 14 heavy (non-hydrogen) atoms. The van der Waals surface area contributed by atoms with Gasteiger partial charge in [-0.15, -0.1) is 0 Å². The van der Waals surface area contributed by atoms with E-state index in [2.05, 4.69) is 28.5 Å². The van der Waals surface area contributed by atoms with E-state index in [-0.39, 0.29) is 0 Å². The number of nitrogens with one attached hydrogen (secondary N) is 1. The number of nitrogens with zero attached hydrogens (tertiary/aromatic N) is 1. The number of fused-ring (bicyclic) bond motifs is 1. The normalized spacial score (nSPS) is 29.4. The number of hydrogen-bond acceptors (Lipinski definition) is 2. The van der Waals surface area contributed by atoms with Crippen LogP contribution in [0.3, 0.4) is 0 Å². The standard InChI is InChI=1S/C12H14N2/c1-8-2-3-9(6-13-8)11-5-4-10-7-14-12(10)11/h2-3,5-6,10,12,14H,4,7H2,1H3/t10-,12+/m1/s1. The highest BCUT2D eigenvalue weighted by molar-refractivity contribution is 5.72. The summed E-state index contributed by atoms with van der Waals surface area (Å²) in [7, 11) is 0. The summed E-state index contributed by atoms with van der Waals surface area (Å²) in [5.41, 5.74) is 3.83. The lowest BCUT2D eigenvalue weighted by Gasteiger charge is -2.34. The lowest BCUT2D eigenvalue weighted by Crippen LogP contribution is -2.50. The maximum absolute atomic E-state index is 4.34. The molecule has 0 bridgehead atoms. The molecule has 2 heterocycles. The van der Waals surface area contributed by atoms with Crippen LogP contribution in [0.25, 0.3) is 5.57 Å². The Morgan fingerprint density at radius 3 is 2.93 bits per heavy atom. The van der Waals surface area contributed by atoms with Crippen molar-refractivity contribution in [3.05, 3.63) is 35.7 Å². The van der Waals surface area contributed by atoms with Gasteiger partial charge in [0.15, 0.2) is 0 Å². The second-order valence-electron chi connectivity index (χ2n) is 4.23. The van der Waals surface area contributed by atoms with Crippen molar-refractivity contribution in [1.82, 2.24) is 10.3 Å². The Labute approximate surface area is 84.1 Å². The zero-order valence-corrected chi connectivity index (χ0v) is 8.33. The topological polar surface area (TPSA) is 24.9 Å². The molecule has 1 aromatic rings. The Morgan fingerprint density at radius 2 is 2.36 bits per heavy atom. The van der Waals surface area contributed by atoms with Crippen LogP contribution in [-0.2, 0) is 0 Å². The molecule has 2 atom stereocenters. The van der Waals surface area contributed by atoms with Crippen molar-refractivity contribution in [3.63, 3.8) is 0 Å². The van der Waals surface area contributed by atoms with E-state index >= 15 is 0 Å². The van der Waals surface area contributed by atoms with Crippen LogP contribution >= 0.6 is 0 Å². The van der Waals surface area contributed by atoms with E-state index in [1.807, 2.05) is 13.1 Å². The zero-order chi connectivity index (χ0) is 9.54. The maximum atomic E-state index is 4.34. The number of rotatable bonds is 1. The van der Waals surface area contributed by atoms with Gasteiger partial charge < -0.3 is 5.32 Å². The van der Waals surface area contributed by atoms with Crippen LogP contribution in [0.5, 0.6) is 0 Å². The highest BCUT2D eigenvalue weighted by atomic mass is 15.0. The van der Waals surface area contributed by atoms with E-state index < -0.39 is 0 Å². The smallest absolute Gasteiger partial charge is 0.0373 e. The Balaban J connectivity index is 1.92. The summed E-state index contributed by atoms with van der Waals surface area (Å²) in [5, 5.41) is 3.47. The van der Waals surface area contributed by atoms with Gasteiger partial charge in [-0.2, -0.15) is 0 Å². The maximum Gasteiger partial charge on any atom is 0.0373 e. The molecule has 3 rings (SSSR count). The van der Waals surface area contributed by atoms with Crippen LogP contribution in [0.4, 0.5) is 0 Å². The molecule has 1 aromatic heterocycles. The van der Waals surface area contributed by atoms with Crippen molar-refractivity contribution in [1.29, 1.82) is 0 Å². The first-order chi connectivity index (χ1) is 6.84. The molecule has 1 N–H and O–H groups in total. The minimum absolute atomic E-state index is 0.611. The third-order valence-electron chi connectivity index (χ3n) is 3.29. The molecule has 0 saturated carbocycles. The third kappa shape index (κ3) is 1.11. The van der Waals surface area contributed by atoms with Crippen LogP contribution in [0.2, 0.25) is 0 Å². The van der Waals surface area contributed by atoms with Gasteiger partial charge in [-0.25, -0.2) is 0 Å². The predicted molar refractivity (Wildman–Crippen MR) is 56.8 cm³/mol. The van der Waals surface area contributed by atoms with Crippen molar-refractivity contribution < 1.29 is 0 Å². The molecule has 1 fully saturated rings. The number of pyridine rings is 1. The fourth-order valence-electron chi connectivity index (χ4n) is 2.33. The van der Waals surface area contributed by atoms with Crippen LogP contribution in [0.15, 0.2) is 24.4 Å². The molecular formula is C12H14N2. The molecule has 2 heteroatoms. The quantitative estimate of drug-likeness (QED) is 0.723. The first-order valence-electron chi connectivity index (χ1n) is 5.21. The van der Waals surface area contributed by atoms with E-state index in [0.29, 0.717) is 6.04 Å². The van der Waals surface area contributed by atoms with Gasteiger partial charge in [-0.1, -0.05) is 12.1 Å². The first kappa shape index (κ1) is 8.18. The van der Waals surface area contributed by atoms with E-state index in [1.54, 1.807) is 0 Å². The third-order valence-corrected chi connectivity index (χ3v) is 3.29. The van der Waals surface area contributed by atoms with Crippen molar-refractivity contribution in [2.75, 3.05) is 6.54 Å². The molecule has 1 saturated heterocycles. The molecule has 2 aliphatic rings. The SMILES string of the molecule is Cc1ccc(C2=CC[C@@H]3CN[C@H]23)cn1. The highest BCUT2D eigenvalue weighted by Crippen LogP contribution is 2.36. The van der Waals surface area contributed by atoms with Crippen LogP contribution in [0.1, 0.15) is 17.7 Å². The second kappa shape index (κ2) is 2.92. The number of aromatic nitrogens is 1. The highest BCUT2D eigenvalue weighted by Gasteiger charge is 2.36. The van der Waals surface area contributed by atoms with Crippen molar-refractivity contribution >= 4 is 5.57 Å². The summed E-state index contributed by atoms with van der Waals surface area (Å²) in [5.74, 6) is 0.853. The van der Waals surface area contributed by atoms with E-state index in [0.717, 1.165) is 11.6 Å². The fourth-order valence-corrected chi connectivity index (χ4v) is 2.33. The van der Waals surface area contributed by atoms with Gasteiger partial charge in [0.2, 0.25) is 0 Å². The monoisotopic (exact) mass is 186 g/mol. The molecule has 2 nitrogen and oxygen atoms in total. The minimum Gasteiger partial charge on any atom is -0.309 e. The Hall–Kier alpha value is -1.15. The fraction of sp³-hybridized carbons (Fsp3) is 0.417. The summed E-state index contributed by atoms with van der Waals surface area (Å²) in [6, 6.07) is 4.87. The summed E-state index contributed by atoms with van der Waals surface area (Å²) in [6.45, 7) is 3.21. The second-order valence-corrected chi connectivity index (χ2v) is 4.23. The number of aryl methyl sites for hydroxylation is 1. The average Bonchev–Trinajstić information content (AvgIpc) is 2.43. The van der Waals surface area contributed by atoms with Gasteiger partial charge in [0.25, 0.3) is 0 Å². The molecular weight excluding hydrogens is 172 g/mol. The van der Waals surface area contributed by atoms with Crippen molar-refractivity contribution in [2.24, 2.45) is 5.92 Å². The largest absolute Gasteiger partial charge is 0.309 e. The summed E-state index contributed by atoms with van der Waals surface area (Å²) in [4.78, 5) is 4.34. The van der Waals surface area contributed by atoms with E-state index in [1.165, 1.54) is 24.1 Å². The van der Waals surface area contributed by atoms with Gasteiger partial charge in [0.05, 0.1) is 0 Å². The lowest BCUT2D eigenvalue weighted by atomic mass is 9.89. The molecule has 0 spiro atoms. The summed E-state index contributed by atoms with van der Waals surface area (Å²) < 4.78 is 0. The van der Waals surface area contributed by atoms with Gasteiger partial charge in [0.1, 0.15) is 0 Å². The molecule has 1 aliphatic carbocycles. The number of allylic oxidation sites excluding steroid dienone is 1. The Bertz CT molecular complexity index is 378. The van der Waals surface area contributed by atoms with E-state index in [4.69, 9.17) is 0 Å². The molecule has 72 valence electrons. The predicted octanol–water partition coefficient (Wildman–Crippen LogP) is 1.77. The minimum atomic E-state index is 0.611. The molecule has 0 aromatic carbocycles. The summed E-state index contributed by atoms with van der Waals surface area (Å²) >= 11 is 0. The van der Waals surface area contributed by atoms with Crippen molar-refractivity contribution in [2.45, 2.75) is 19.4 Å². The van der Waals surface area contributed by atoms with Crippen LogP contribution < -0.4 is 5.32 Å². The van der Waals surface area contributed by atoms with Gasteiger partial charge in [-0.3, -0.25) is 4.98 Å². The van der Waals surface area contributed by atoms with Crippen LogP contribution in [0, 0.1) is 12.8 Å². The first-order valence-corrected chi connectivity index (χ1v) is 5.21. The van der Waals surface area contributed by atoms with Crippen LogP contribution in [-0.4, -0.2) is 17.6 Å². The summed E-state index contributed by atoms with van der Waals surface area (Å²) in [6.07, 6.45) is 5.59. The Kier molecular flexibility index (Phi) is 1.71. The average molecular weight is 186 g/mol. The van der Waals surface area contributed by atoms with Gasteiger partial charge >= 0.3 is 0 Å². The van der Waals surface area contributed by atoms with Gasteiger partial charge in [-0.05, 0) is 36.5 Å². The molecule has 1 aliphatic heterocycles. The Morgan fingerprint density at radius 1 is 1.43 bits per heavy atom. The molecule has 0 amide bonds. The number of hydrogen-bond donors (Lipinski definition) is 1. The molecule has 0 unspecified atom stereocenters. The zero-order valence-electron chi connectivity index (χ0n) is 8.33. The van der Waals surface area contributed by atoms with Gasteiger partial charge in [0, 0.05) is 24.5 Å².